The lowest BCUT2D eigenvalue weighted by molar-refractivity contribution is 0.0872. The second kappa shape index (κ2) is 5.40. The van der Waals surface area contributed by atoms with Crippen molar-refractivity contribution in [1.82, 2.24) is 9.97 Å². The lowest BCUT2D eigenvalue weighted by atomic mass is 9.86. The molecule has 1 aromatic heterocycles. The maximum absolute atomic E-state index is 13.7. The molecule has 1 aliphatic carbocycles. The number of aromatic nitrogens is 2. The molecule has 2 atom stereocenters. The van der Waals surface area contributed by atoms with E-state index >= 15 is 0 Å². The van der Waals surface area contributed by atoms with Gasteiger partial charge in [-0.1, -0.05) is 6.42 Å². The van der Waals surface area contributed by atoms with Crippen molar-refractivity contribution in [1.29, 1.82) is 0 Å². The zero-order valence-corrected chi connectivity index (χ0v) is 10.0. The van der Waals surface area contributed by atoms with Crippen molar-refractivity contribution in [3.8, 4) is 5.88 Å². The van der Waals surface area contributed by atoms with E-state index in [1.807, 2.05) is 0 Å². The molecular weight excluding hydrogens is 221 g/mol. The van der Waals surface area contributed by atoms with Crippen LogP contribution in [0.4, 0.5) is 4.39 Å². The summed E-state index contributed by atoms with van der Waals surface area (Å²) in [5, 5.41) is 0. The van der Waals surface area contributed by atoms with Crippen molar-refractivity contribution in [2.24, 2.45) is 11.7 Å². The summed E-state index contributed by atoms with van der Waals surface area (Å²) < 4.78 is 19.4. The maximum Gasteiger partial charge on any atom is 0.254 e. The normalized spacial score (nSPS) is 24.6. The van der Waals surface area contributed by atoms with Gasteiger partial charge in [-0.05, 0) is 32.7 Å². The summed E-state index contributed by atoms with van der Waals surface area (Å²) in [5.41, 5.74) is 6.02. The summed E-state index contributed by atoms with van der Waals surface area (Å²) in [6.45, 7) is 2.18. The van der Waals surface area contributed by atoms with Crippen LogP contribution in [-0.4, -0.2) is 22.6 Å². The predicted molar refractivity (Wildman–Crippen MR) is 62.2 cm³/mol. The molecule has 1 aromatic rings. The van der Waals surface area contributed by atoms with E-state index in [2.05, 4.69) is 9.97 Å². The van der Waals surface area contributed by atoms with Crippen molar-refractivity contribution in [3.63, 3.8) is 0 Å². The molecule has 17 heavy (non-hydrogen) atoms. The van der Waals surface area contributed by atoms with Gasteiger partial charge in [0.1, 0.15) is 12.4 Å². The van der Waals surface area contributed by atoms with Crippen molar-refractivity contribution in [2.45, 2.75) is 38.7 Å². The molecule has 5 heteroatoms. The minimum Gasteiger partial charge on any atom is -0.472 e. The molecule has 0 radical (unpaired) electrons. The van der Waals surface area contributed by atoms with Gasteiger partial charge in [-0.3, -0.25) is 0 Å². The summed E-state index contributed by atoms with van der Waals surface area (Å²) >= 11 is 0. The third-order valence-corrected chi connectivity index (χ3v) is 3.34. The highest BCUT2D eigenvalue weighted by Gasteiger charge is 2.27. The molecule has 4 nitrogen and oxygen atoms in total. The average Bonchev–Trinajstić information content (AvgIpc) is 2.35. The van der Waals surface area contributed by atoms with Gasteiger partial charge >= 0.3 is 0 Å². The van der Waals surface area contributed by atoms with Crippen molar-refractivity contribution in [3.05, 3.63) is 17.8 Å². The van der Waals surface area contributed by atoms with E-state index in [0.717, 1.165) is 19.3 Å². The Morgan fingerprint density at radius 1 is 1.41 bits per heavy atom. The molecule has 2 N–H and O–H groups in total. The quantitative estimate of drug-likeness (QED) is 0.874. The Bertz CT molecular complexity index is 386. The molecule has 0 saturated heterocycles. The zero-order valence-electron chi connectivity index (χ0n) is 10.0. The Labute approximate surface area is 100 Å². The Balaban J connectivity index is 2.11. The molecule has 94 valence electrons. The van der Waals surface area contributed by atoms with E-state index in [1.165, 1.54) is 12.7 Å². The van der Waals surface area contributed by atoms with Crippen LogP contribution >= 0.6 is 0 Å². The fourth-order valence-corrected chi connectivity index (χ4v) is 2.26. The Kier molecular flexibility index (Phi) is 3.89. The van der Waals surface area contributed by atoms with Crippen LogP contribution in [0.15, 0.2) is 6.33 Å². The van der Waals surface area contributed by atoms with Gasteiger partial charge in [-0.25, -0.2) is 4.98 Å². The van der Waals surface area contributed by atoms with Gasteiger partial charge in [0, 0.05) is 5.92 Å². The summed E-state index contributed by atoms with van der Waals surface area (Å²) in [4.78, 5) is 7.63. The van der Waals surface area contributed by atoms with E-state index in [-0.39, 0.29) is 12.0 Å². The van der Waals surface area contributed by atoms with E-state index in [0.29, 0.717) is 18.2 Å². The molecule has 2 unspecified atom stereocenters. The first-order valence-electron chi connectivity index (χ1n) is 6.06. The number of ether oxygens (including phenoxy) is 1. The van der Waals surface area contributed by atoms with Crippen LogP contribution in [0.1, 0.15) is 31.4 Å². The van der Waals surface area contributed by atoms with E-state index in [9.17, 15) is 4.39 Å². The van der Waals surface area contributed by atoms with Crippen LogP contribution in [0.25, 0.3) is 0 Å². The standard InChI is InChI=1S/C12H18FN3O/c1-8-11(13)12(16-7-15-8)17-10-5-3-2-4-9(10)6-14/h7,9-10H,2-6,14H2,1H3. The van der Waals surface area contributed by atoms with Gasteiger partial charge in [-0.15, -0.1) is 0 Å². The first kappa shape index (κ1) is 12.2. The van der Waals surface area contributed by atoms with Gasteiger partial charge in [-0.2, -0.15) is 9.37 Å². The molecule has 1 fully saturated rings. The van der Waals surface area contributed by atoms with Gasteiger partial charge in [0.15, 0.2) is 0 Å². The summed E-state index contributed by atoms with van der Waals surface area (Å²) in [5.74, 6) is -0.102. The van der Waals surface area contributed by atoms with Gasteiger partial charge in [0.2, 0.25) is 5.82 Å². The number of hydrogen-bond donors (Lipinski definition) is 1. The smallest absolute Gasteiger partial charge is 0.254 e. The fourth-order valence-electron chi connectivity index (χ4n) is 2.26. The highest BCUT2D eigenvalue weighted by molar-refractivity contribution is 5.16. The molecule has 0 bridgehead atoms. The molecule has 1 saturated carbocycles. The van der Waals surface area contributed by atoms with Crippen molar-refractivity contribution < 1.29 is 9.13 Å². The lowest BCUT2D eigenvalue weighted by Gasteiger charge is -2.30. The van der Waals surface area contributed by atoms with E-state index in [4.69, 9.17) is 10.5 Å². The average molecular weight is 239 g/mol. The Hall–Kier alpha value is -1.23. The predicted octanol–water partition coefficient (Wildman–Crippen LogP) is 1.82. The summed E-state index contributed by atoms with van der Waals surface area (Å²) in [7, 11) is 0. The molecular formula is C12H18FN3O. The first-order valence-corrected chi connectivity index (χ1v) is 6.06. The molecule has 0 aromatic carbocycles. The number of rotatable bonds is 3. The second-order valence-electron chi connectivity index (χ2n) is 4.51. The number of hydrogen-bond acceptors (Lipinski definition) is 4. The van der Waals surface area contributed by atoms with Crippen molar-refractivity contribution in [2.75, 3.05) is 6.54 Å². The van der Waals surface area contributed by atoms with Crippen LogP contribution in [0.2, 0.25) is 0 Å². The largest absolute Gasteiger partial charge is 0.472 e. The van der Waals surface area contributed by atoms with Crippen molar-refractivity contribution >= 4 is 0 Å². The van der Waals surface area contributed by atoms with Crippen LogP contribution in [-0.2, 0) is 0 Å². The third kappa shape index (κ3) is 2.72. The Morgan fingerprint density at radius 3 is 2.94 bits per heavy atom. The minimum atomic E-state index is -0.464. The SMILES string of the molecule is Cc1ncnc(OC2CCCCC2CN)c1F. The number of aryl methyl sites for hydroxylation is 1. The van der Waals surface area contributed by atoms with Crippen LogP contribution < -0.4 is 10.5 Å². The van der Waals surface area contributed by atoms with Gasteiger partial charge < -0.3 is 10.5 Å². The fraction of sp³-hybridized carbons (Fsp3) is 0.667. The van der Waals surface area contributed by atoms with E-state index in [1.54, 1.807) is 6.92 Å². The third-order valence-electron chi connectivity index (χ3n) is 3.34. The topological polar surface area (TPSA) is 61.0 Å². The molecule has 0 aliphatic heterocycles. The molecule has 1 aliphatic rings. The maximum atomic E-state index is 13.7. The zero-order chi connectivity index (χ0) is 12.3. The number of nitrogens with two attached hydrogens (primary N) is 1. The number of nitrogens with zero attached hydrogens (tertiary/aromatic N) is 2. The highest BCUT2D eigenvalue weighted by Crippen LogP contribution is 2.28. The molecule has 0 amide bonds. The van der Waals surface area contributed by atoms with Gasteiger partial charge in [0.25, 0.3) is 5.88 Å². The lowest BCUT2D eigenvalue weighted by Crippen LogP contribution is -2.35. The molecule has 1 heterocycles. The van der Waals surface area contributed by atoms with Crippen LogP contribution in [0, 0.1) is 18.7 Å². The van der Waals surface area contributed by atoms with Crippen LogP contribution in [0.3, 0.4) is 0 Å². The molecule has 0 spiro atoms. The summed E-state index contributed by atoms with van der Waals surface area (Å²) in [6, 6.07) is 0. The first-order chi connectivity index (χ1) is 8.22. The van der Waals surface area contributed by atoms with E-state index < -0.39 is 5.82 Å². The minimum absolute atomic E-state index is 0.0162. The number of halogens is 1. The second-order valence-corrected chi connectivity index (χ2v) is 4.51. The Morgan fingerprint density at radius 2 is 2.18 bits per heavy atom. The van der Waals surface area contributed by atoms with Gasteiger partial charge in [0.05, 0.1) is 5.69 Å². The molecule has 2 rings (SSSR count). The van der Waals surface area contributed by atoms with Crippen LogP contribution in [0.5, 0.6) is 5.88 Å². The monoisotopic (exact) mass is 239 g/mol. The summed E-state index contributed by atoms with van der Waals surface area (Å²) in [6.07, 6.45) is 5.56. The highest BCUT2D eigenvalue weighted by atomic mass is 19.1.